The van der Waals surface area contributed by atoms with Gasteiger partial charge in [0.25, 0.3) is 11.1 Å². The van der Waals surface area contributed by atoms with E-state index in [-0.39, 0.29) is 0 Å². The summed E-state index contributed by atoms with van der Waals surface area (Å²) in [6, 6.07) is 15.8. The number of ether oxygens (including phenoxy) is 1. The van der Waals surface area contributed by atoms with Crippen molar-refractivity contribution in [3.63, 3.8) is 0 Å². The van der Waals surface area contributed by atoms with Gasteiger partial charge < -0.3 is 9.15 Å². The largest absolute Gasteiger partial charge is 0.496 e. The third-order valence-corrected chi connectivity index (χ3v) is 6.07. The van der Waals surface area contributed by atoms with Gasteiger partial charge in [-0.2, -0.15) is 0 Å². The first kappa shape index (κ1) is 19.1. The number of pyridine rings is 1. The van der Waals surface area contributed by atoms with Crippen molar-refractivity contribution in [2.75, 3.05) is 13.4 Å². The number of halogens is 1. The van der Waals surface area contributed by atoms with Crippen molar-refractivity contribution >= 4 is 46.0 Å². The molecule has 0 amide bonds. The van der Waals surface area contributed by atoms with Crippen LogP contribution in [0.3, 0.4) is 0 Å². The number of methoxy groups -OCH3 is 1. The Hall–Kier alpha value is -2.22. The Bertz CT molecular complexity index is 1130. The van der Waals surface area contributed by atoms with Gasteiger partial charge in [-0.25, -0.2) is 4.98 Å². The minimum atomic E-state index is 0.423. The molecule has 4 rings (SSSR count). The zero-order chi connectivity index (χ0) is 19.5. The van der Waals surface area contributed by atoms with Crippen LogP contribution in [-0.4, -0.2) is 28.5 Å². The van der Waals surface area contributed by atoms with E-state index < -0.39 is 0 Å². The maximum atomic E-state index is 6.39. The predicted molar refractivity (Wildman–Crippen MR) is 114 cm³/mol. The van der Waals surface area contributed by atoms with E-state index in [1.54, 1.807) is 18.9 Å². The summed E-state index contributed by atoms with van der Waals surface area (Å²) in [5.74, 6) is 1.70. The van der Waals surface area contributed by atoms with Gasteiger partial charge in [-0.1, -0.05) is 41.6 Å². The lowest BCUT2D eigenvalue weighted by atomic mass is 10.2. The number of nitrogens with zero attached hydrogens (tertiary/aromatic N) is 3. The van der Waals surface area contributed by atoms with E-state index in [1.165, 1.54) is 11.8 Å². The van der Waals surface area contributed by atoms with Crippen LogP contribution in [-0.2, 0) is 5.75 Å². The van der Waals surface area contributed by atoms with Crippen molar-refractivity contribution in [1.29, 1.82) is 0 Å². The van der Waals surface area contributed by atoms with Crippen molar-refractivity contribution in [2.24, 2.45) is 0 Å². The van der Waals surface area contributed by atoms with Crippen molar-refractivity contribution in [2.45, 2.75) is 15.9 Å². The molecule has 2 heterocycles. The van der Waals surface area contributed by atoms with Gasteiger partial charge in [0, 0.05) is 21.6 Å². The quantitative estimate of drug-likeness (QED) is 0.276. The number of benzene rings is 2. The Balaban J connectivity index is 1.53. The molecule has 0 fully saturated rings. The summed E-state index contributed by atoms with van der Waals surface area (Å²) in [6.07, 6.45) is 2.04. The third kappa shape index (κ3) is 3.97. The number of para-hydroxylation sites is 1. The van der Waals surface area contributed by atoms with E-state index in [9.17, 15) is 0 Å². The van der Waals surface area contributed by atoms with Crippen LogP contribution in [0.1, 0.15) is 5.56 Å². The smallest absolute Gasteiger partial charge is 0.277 e. The Morgan fingerprint density at radius 3 is 2.79 bits per heavy atom. The van der Waals surface area contributed by atoms with Gasteiger partial charge in [0.2, 0.25) is 0 Å². The lowest BCUT2D eigenvalue weighted by Crippen LogP contribution is -1.89. The third-order valence-electron chi connectivity index (χ3n) is 4.15. The van der Waals surface area contributed by atoms with Gasteiger partial charge in [0.15, 0.2) is 0 Å². The van der Waals surface area contributed by atoms with Crippen LogP contribution in [0.5, 0.6) is 5.75 Å². The zero-order valence-electron chi connectivity index (χ0n) is 15.2. The molecule has 0 bridgehead atoms. The first-order valence-corrected chi connectivity index (χ1v) is 11.0. The van der Waals surface area contributed by atoms with Crippen LogP contribution < -0.4 is 4.74 Å². The molecule has 8 heteroatoms. The van der Waals surface area contributed by atoms with Gasteiger partial charge in [0.05, 0.1) is 18.2 Å². The fraction of sp³-hybridized carbons (Fsp3) is 0.150. The Labute approximate surface area is 175 Å². The highest BCUT2D eigenvalue weighted by Crippen LogP contribution is 2.33. The number of fused-ring (bicyclic) bond motifs is 1. The fourth-order valence-corrected chi connectivity index (χ4v) is 4.19. The summed E-state index contributed by atoms with van der Waals surface area (Å²) in [7, 11) is 1.61. The van der Waals surface area contributed by atoms with E-state index in [2.05, 4.69) is 33.4 Å². The molecular formula is C20H16ClN3O2S2. The topological polar surface area (TPSA) is 61.0 Å². The molecule has 0 spiro atoms. The number of hydrogen-bond acceptors (Lipinski definition) is 7. The molecule has 0 unspecified atom stereocenters. The van der Waals surface area contributed by atoms with Gasteiger partial charge in [-0.3, -0.25) is 0 Å². The van der Waals surface area contributed by atoms with Gasteiger partial charge in [-0.15, -0.1) is 22.0 Å². The summed E-state index contributed by atoms with van der Waals surface area (Å²) in [5, 5.41) is 10.3. The second kappa shape index (κ2) is 8.43. The summed E-state index contributed by atoms with van der Waals surface area (Å²) in [6.45, 7) is 0. The fourth-order valence-electron chi connectivity index (χ4n) is 2.73. The van der Waals surface area contributed by atoms with Gasteiger partial charge in [0.1, 0.15) is 10.9 Å². The second-order valence-corrected chi connectivity index (χ2v) is 8.02. The molecule has 0 aliphatic carbocycles. The minimum absolute atomic E-state index is 0.423. The van der Waals surface area contributed by atoms with Crippen molar-refractivity contribution in [1.82, 2.24) is 15.2 Å². The molecule has 2 aromatic carbocycles. The van der Waals surface area contributed by atoms with Crippen molar-refractivity contribution in [3.8, 4) is 17.2 Å². The van der Waals surface area contributed by atoms with E-state index >= 15 is 0 Å². The van der Waals surface area contributed by atoms with E-state index in [1.807, 2.05) is 36.6 Å². The number of rotatable bonds is 6. The molecule has 28 heavy (non-hydrogen) atoms. The molecule has 2 aromatic heterocycles. The van der Waals surface area contributed by atoms with E-state index in [4.69, 9.17) is 20.8 Å². The second-order valence-electron chi connectivity index (χ2n) is 5.86. The first-order chi connectivity index (χ1) is 13.7. The molecule has 0 aliphatic heterocycles. The van der Waals surface area contributed by atoms with Crippen molar-refractivity contribution < 1.29 is 9.15 Å². The summed E-state index contributed by atoms with van der Waals surface area (Å²) in [4.78, 5) is 5.69. The predicted octanol–water partition coefficient (Wildman–Crippen LogP) is 5.96. The summed E-state index contributed by atoms with van der Waals surface area (Å²) < 4.78 is 11.1. The van der Waals surface area contributed by atoms with Crippen LogP contribution in [0.25, 0.3) is 22.4 Å². The zero-order valence-corrected chi connectivity index (χ0v) is 17.6. The molecule has 0 radical (unpaired) electrons. The van der Waals surface area contributed by atoms with Crippen LogP contribution in [0.2, 0.25) is 5.15 Å². The molecular weight excluding hydrogens is 414 g/mol. The highest BCUT2D eigenvalue weighted by molar-refractivity contribution is 7.98. The monoisotopic (exact) mass is 429 g/mol. The van der Waals surface area contributed by atoms with Crippen molar-refractivity contribution in [3.05, 3.63) is 59.2 Å². The molecule has 4 aromatic rings. The standard InChI is InChI=1S/C20H16ClN3O2S2/c1-25-17-6-4-3-5-15(17)19-23-24-20(26-19)28-11-13-9-12-7-8-14(27-2)10-16(12)22-18(13)21/h3-10H,11H2,1-2H3. The average molecular weight is 430 g/mol. The Morgan fingerprint density at radius 2 is 1.96 bits per heavy atom. The molecule has 142 valence electrons. The van der Waals surface area contributed by atoms with Gasteiger partial charge >= 0.3 is 0 Å². The maximum absolute atomic E-state index is 6.39. The molecule has 5 nitrogen and oxygen atoms in total. The number of aromatic nitrogens is 3. The molecule has 0 N–H and O–H groups in total. The highest BCUT2D eigenvalue weighted by atomic mass is 35.5. The molecule has 0 saturated carbocycles. The number of hydrogen-bond donors (Lipinski definition) is 0. The normalized spacial score (nSPS) is 11.1. The van der Waals surface area contributed by atoms with Crippen LogP contribution in [0.15, 0.2) is 63.1 Å². The summed E-state index contributed by atoms with van der Waals surface area (Å²) >= 11 is 9.49. The lowest BCUT2D eigenvalue weighted by molar-refractivity contribution is 0.411. The van der Waals surface area contributed by atoms with Crippen LogP contribution >= 0.6 is 35.1 Å². The number of thioether (sulfide) groups is 2. The Kier molecular flexibility index (Phi) is 5.75. The summed E-state index contributed by atoms with van der Waals surface area (Å²) in [5.41, 5.74) is 2.58. The minimum Gasteiger partial charge on any atom is -0.496 e. The molecule has 0 atom stereocenters. The molecule has 0 saturated heterocycles. The lowest BCUT2D eigenvalue weighted by Gasteiger charge is -2.06. The highest BCUT2D eigenvalue weighted by Gasteiger charge is 2.14. The van der Waals surface area contributed by atoms with Crippen LogP contribution in [0.4, 0.5) is 0 Å². The van der Waals surface area contributed by atoms with Gasteiger partial charge in [-0.05, 0) is 36.6 Å². The van der Waals surface area contributed by atoms with E-state index in [0.29, 0.717) is 27.8 Å². The van der Waals surface area contributed by atoms with Crippen LogP contribution in [0, 0.1) is 0 Å². The first-order valence-electron chi connectivity index (χ1n) is 8.41. The SMILES string of the molecule is COc1ccccc1-c1nnc(SCc2cc3ccc(SC)cc3nc2Cl)o1. The Morgan fingerprint density at radius 1 is 1.11 bits per heavy atom. The average Bonchev–Trinajstić information content (AvgIpc) is 3.20. The van der Waals surface area contributed by atoms with E-state index in [0.717, 1.165) is 26.9 Å². The molecule has 0 aliphatic rings. The maximum Gasteiger partial charge on any atom is 0.277 e.